The second-order valence-corrected chi connectivity index (χ2v) is 10.0. The molecule has 0 bridgehead atoms. The van der Waals surface area contributed by atoms with Crippen LogP contribution in [-0.4, -0.2) is 39.4 Å². The van der Waals surface area contributed by atoms with Gasteiger partial charge in [0.2, 0.25) is 0 Å². The van der Waals surface area contributed by atoms with Crippen molar-refractivity contribution in [2.45, 2.75) is 31.7 Å². The summed E-state index contributed by atoms with van der Waals surface area (Å²) in [5.41, 5.74) is 4.21. The van der Waals surface area contributed by atoms with E-state index >= 15 is 0 Å². The molecule has 1 fully saturated rings. The largest absolute Gasteiger partial charge is 0.455 e. The fraction of sp³-hybridized carbons (Fsp3) is 0.219. The second kappa shape index (κ2) is 11.1. The van der Waals surface area contributed by atoms with Gasteiger partial charge in [0.15, 0.2) is 6.61 Å². The number of benzene rings is 3. The first-order valence-corrected chi connectivity index (χ1v) is 13.4. The number of carbonyl (C=O) groups excluding carboxylic acids is 2. The van der Waals surface area contributed by atoms with Crippen LogP contribution in [0, 0.1) is 5.92 Å². The topological polar surface area (TPSA) is 105 Å². The summed E-state index contributed by atoms with van der Waals surface area (Å²) in [6.07, 6.45) is 4.79. The summed E-state index contributed by atoms with van der Waals surface area (Å²) in [7, 11) is 0. The number of fused-ring (bicyclic) bond motifs is 2. The normalized spacial score (nSPS) is 19.4. The van der Waals surface area contributed by atoms with Crippen molar-refractivity contribution in [3.05, 3.63) is 118 Å². The predicted molar refractivity (Wildman–Crippen MR) is 152 cm³/mol. The zero-order valence-electron chi connectivity index (χ0n) is 21.8. The van der Waals surface area contributed by atoms with E-state index in [1.807, 2.05) is 48.5 Å². The number of rotatable bonds is 6. The first-order chi connectivity index (χ1) is 19.6. The van der Waals surface area contributed by atoms with E-state index in [1.165, 1.54) is 5.01 Å². The van der Waals surface area contributed by atoms with Crippen LogP contribution in [0.4, 0.5) is 0 Å². The summed E-state index contributed by atoms with van der Waals surface area (Å²) < 4.78 is 5.41. The molecule has 0 saturated heterocycles. The standard InChI is InChI=1S/C32H28N4O4/c37-28(20-40-29(38)19-27-24-15-7-8-16-25(24)32(39)34-33-27)36-31(22-12-5-2-6-13-22)26-17-9-14-23(30(26)35-36)18-21-10-3-1-4-11-21/h1-8,10-13,15-16,18,26,31H,9,14,17,19-20H2,(H,34,39). The van der Waals surface area contributed by atoms with Gasteiger partial charge in [-0.15, -0.1) is 0 Å². The molecule has 2 heterocycles. The lowest BCUT2D eigenvalue weighted by Gasteiger charge is -2.29. The smallest absolute Gasteiger partial charge is 0.312 e. The maximum atomic E-state index is 13.5. The van der Waals surface area contributed by atoms with Gasteiger partial charge in [0, 0.05) is 11.3 Å². The molecular weight excluding hydrogens is 504 g/mol. The maximum Gasteiger partial charge on any atom is 0.312 e. The molecule has 8 nitrogen and oxygen atoms in total. The molecule has 2 unspecified atom stereocenters. The van der Waals surface area contributed by atoms with Gasteiger partial charge in [-0.3, -0.25) is 14.4 Å². The average Bonchev–Trinajstić information content (AvgIpc) is 3.39. The first kappa shape index (κ1) is 25.4. The number of nitrogens with one attached hydrogen (secondary N) is 1. The molecule has 4 aromatic rings. The molecule has 3 aromatic carbocycles. The van der Waals surface area contributed by atoms with Crippen molar-refractivity contribution in [2.24, 2.45) is 11.0 Å². The second-order valence-electron chi connectivity index (χ2n) is 10.0. The third-order valence-corrected chi connectivity index (χ3v) is 7.48. The third-order valence-electron chi connectivity index (χ3n) is 7.48. The Bertz CT molecular complexity index is 1680. The minimum atomic E-state index is -0.608. The Morgan fingerprint density at radius 1 is 0.950 bits per heavy atom. The van der Waals surface area contributed by atoms with Crippen LogP contribution in [0.1, 0.15) is 42.1 Å². The SMILES string of the molecule is O=C(Cc1n[nH]c(=O)c2ccccc12)OCC(=O)N1N=C2C(=Cc3ccccc3)CCCC2C1c1ccccc1. The van der Waals surface area contributed by atoms with E-state index in [0.717, 1.165) is 41.7 Å². The van der Waals surface area contributed by atoms with Gasteiger partial charge in [-0.2, -0.15) is 10.2 Å². The van der Waals surface area contributed by atoms with E-state index < -0.39 is 12.6 Å². The predicted octanol–water partition coefficient (Wildman–Crippen LogP) is 4.83. The number of aromatic amines is 1. The van der Waals surface area contributed by atoms with E-state index in [1.54, 1.807) is 24.3 Å². The molecule has 0 radical (unpaired) electrons. The molecule has 1 aliphatic heterocycles. The van der Waals surface area contributed by atoms with E-state index in [9.17, 15) is 14.4 Å². The zero-order valence-corrected chi connectivity index (χ0v) is 21.8. The number of esters is 1. The van der Waals surface area contributed by atoms with Gasteiger partial charge in [-0.05, 0) is 48.1 Å². The Hall–Kier alpha value is -4.85. The van der Waals surface area contributed by atoms with Crippen LogP contribution < -0.4 is 5.56 Å². The number of aromatic nitrogens is 2. The van der Waals surface area contributed by atoms with Gasteiger partial charge in [-0.25, -0.2) is 10.1 Å². The number of nitrogens with zero attached hydrogens (tertiary/aromatic N) is 3. The maximum absolute atomic E-state index is 13.5. The summed E-state index contributed by atoms with van der Waals surface area (Å²) in [5, 5.41) is 13.8. The van der Waals surface area contributed by atoms with Crippen LogP contribution in [0.2, 0.25) is 0 Å². The highest BCUT2D eigenvalue weighted by Gasteiger charge is 2.43. The number of hydrazone groups is 1. The van der Waals surface area contributed by atoms with Crippen LogP contribution in [0.15, 0.2) is 100 Å². The fourth-order valence-electron chi connectivity index (χ4n) is 5.64. The Morgan fingerprint density at radius 3 is 2.42 bits per heavy atom. The number of hydrogen-bond donors (Lipinski definition) is 1. The van der Waals surface area contributed by atoms with Crippen molar-refractivity contribution < 1.29 is 14.3 Å². The van der Waals surface area contributed by atoms with Crippen LogP contribution >= 0.6 is 0 Å². The number of H-pyrrole nitrogens is 1. The quantitative estimate of drug-likeness (QED) is 0.358. The third kappa shape index (κ3) is 5.08. The van der Waals surface area contributed by atoms with E-state index in [-0.39, 0.29) is 29.8 Å². The summed E-state index contributed by atoms with van der Waals surface area (Å²) >= 11 is 0. The lowest BCUT2D eigenvalue weighted by Crippen LogP contribution is -2.34. The van der Waals surface area contributed by atoms with Gasteiger partial charge in [0.05, 0.1) is 29.3 Å². The Morgan fingerprint density at radius 2 is 1.65 bits per heavy atom. The minimum Gasteiger partial charge on any atom is -0.455 e. The lowest BCUT2D eigenvalue weighted by atomic mass is 9.77. The number of carbonyl (C=O) groups is 2. The van der Waals surface area contributed by atoms with Gasteiger partial charge < -0.3 is 4.74 Å². The molecule has 8 heteroatoms. The Kier molecular flexibility index (Phi) is 7.06. The van der Waals surface area contributed by atoms with Crippen molar-refractivity contribution >= 4 is 34.4 Å². The fourth-order valence-corrected chi connectivity index (χ4v) is 5.64. The highest BCUT2D eigenvalue weighted by atomic mass is 16.5. The molecule has 2 atom stereocenters. The van der Waals surface area contributed by atoms with E-state index in [4.69, 9.17) is 9.84 Å². The number of hydrogen-bond acceptors (Lipinski definition) is 6. The number of ether oxygens (including phenoxy) is 1. The summed E-state index contributed by atoms with van der Waals surface area (Å²) in [6, 6.07) is 26.7. The molecule has 40 heavy (non-hydrogen) atoms. The molecule has 1 aromatic heterocycles. The van der Waals surface area contributed by atoms with Crippen molar-refractivity contribution in [1.29, 1.82) is 0 Å². The summed E-state index contributed by atoms with van der Waals surface area (Å²) in [6.45, 7) is -0.440. The number of amides is 1. The highest BCUT2D eigenvalue weighted by molar-refractivity contribution is 6.08. The monoisotopic (exact) mass is 532 g/mol. The lowest BCUT2D eigenvalue weighted by molar-refractivity contribution is -0.152. The van der Waals surface area contributed by atoms with Crippen LogP contribution in [-0.2, 0) is 20.7 Å². The van der Waals surface area contributed by atoms with Crippen LogP contribution in [0.25, 0.3) is 16.8 Å². The molecule has 200 valence electrons. The van der Waals surface area contributed by atoms with E-state index in [2.05, 4.69) is 28.4 Å². The van der Waals surface area contributed by atoms with Gasteiger partial charge in [0.25, 0.3) is 11.5 Å². The molecule has 2 aliphatic rings. The van der Waals surface area contributed by atoms with Crippen LogP contribution in [0.3, 0.4) is 0 Å². The van der Waals surface area contributed by atoms with Crippen molar-refractivity contribution in [2.75, 3.05) is 6.61 Å². The molecule has 1 amide bonds. The minimum absolute atomic E-state index is 0.0578. The zero-order chi connectivity index (χ0) is 27.5. The van der Waals surface area contributed by atoms with Gasteiger partial charge in [0.1, 0.15) is 0 Å². The van der Waals surface area contributed by atoms with Crippen molar-refractivity contribution in [3.8, 4) is 0 Å². The van der Waals surface area contributed by atoms with Crippen LogP contribution in [0.5, 0.6) is 0 Å². The summed E-state index contributed by atoms with van der Waals surface area (Å²) in [4.78, 5) is 38.3. The van der Waals surface area contributed by atoms with Gasteiger partial charge >= 0.3 is 5.97 Å². The van der Waals surface area contributed by atoms with Crippen molar-refractivity contribution in [1.82, 2.24) is 15.2 Å². The highest BCUT2D eigenvalue weighted by Crippen LogP contribution is 2.44. The number of allylic oxidation sites excluding steroid dienone is 1. The molecular formula is C32H28N4O4. The Balaban J connectivity index is 1.23. The van der Waals surface area contributed by atoms with Crippen molar-refractivity contribution in [3.63, 3.8) is 0 Å². The summed E-state index contributed by atoms with van der Waals surface area (Å²) in [5.74, 6) is -0.937. The average molecular weight is 533 g/mol. The molecule has 1 aliphatic carbocycles. The molecule has 1 saturated carbocycles. The molecule has 1 N–H and O–H groups in total. The molecule has 0 spiro atoms. The van der Waals surface area contributed by atoms with E-state index in [0.29, 0.717) is 16.5 Å². The first-order valence-electron chi connectivity index (χ1n) is 13.4. The molecule has 6 rings (SSSR count). The van der Waals surface area contributed by atoms with Gasteiger partial charge in [-0.1, -0.05) is 78.9 Å². The Labute approximate surface area is 231 Å².